The summed E-state index contributed by atoms with van der Waals surface area (Å²) in [6, 6.07) is 17.5. The molecule has 0 radical (unpaired) electrons. The van der Waals surface area contributed by atoms with Gasteiger partial charge < -0.3 is 15.6 Å². The maximum Gasteiger partial charge on any atom is 0.356 e. The van der Waals surface area contributed by atoms with E-state index in [4.69, 9.17) is 11.7 Å². The normalized spacial score (nSPS) is 15.1. The van der Waals surface area contributed by atoms with E-state index in [2.05, 4.69) is 33.9 Å². The summed E-state index contributed by atoms with van der Waals surface area (Å²) in [6.07, 6.45) is 3.71. The number of rotatable bonds is 2. The Labute approximate surface area is 167 Å². The van der Waals surface area contributed by atoms with E-state index in [1.54, 1.807) is 23.0 Å². The van der Waals surface area contributed by atoms with Crippen molar-refractivity contribution in [3.8, 4) is 11.1 Å². The number of pyridine rings is 1. The maximum absolute atomic E-state index is 11.7. The van der Waals surface area contributed by atoms with E-state index in [1.807, 2.05) is 36.5 Å². The molecule has 4 N–H and O–H groups in total. The van der Waals surface area contributed by atoms with Crippen molar-refractivity contribution in [3.63, 3.8) is 0 Å². The molecule has 4 aromatic rings. The molecule has 3 heterocycles. The predicted octanol–water partition coefficient (Wildman–Crippen LogP) is 2.99. The first-order valence-corrected chi connectivity index (χ1v) is 9.18. The number of aromatic nitrogens is 2. The molecule has 1 unspecified atom stereocenters. The summed E-state index contributed by atoms with van der Waals surface area (Å²) >= 11 is 0. The molecule has 2 aromatic carbocycles. The molecule has 0 fully saturated rings. The van der Waals surface area contributed by atoms with Crippen LogP contribution >= 0.6 is 0 Å². The van der Waals surface area contributed by atoms with Crippen molar-refractivity contribution < 1.29 is 9.63 Å². The number of nitrogens with two attached hydrogens (primary N) is 2. The van der Waals surface area contributed by atoms with Gasteiger partial charge in [0.05, 0.1) is 11.6 Å². The van der Waals surface area contributed by atoms with Crippen LogP contribution in [0.1, 0.15) is 27.5 Å². The smallest absolute Gasteiger partial charge is 0.356 e. The monoisotopic (exact) mass is 385 g/mol. The number of fused-ring (bicyclic) bond motifs is 2. The number of para-hydroxylation sites is 1. The summed E-state index contributed by atoms with van der Waals surface area (Å²) in [7, 11) is 2.06. The molecule has 0 bridgehead atoms. The van der Waals surface area contributed by atoms with E-state index in [0.717, 1.165) is 39.0 Å². The van der Waals surface area contributed by atoms with Crippen LogP contribution in [0.15, 0.2) is 67.0 Å². The van der Waals surface area contributed by atoms with Crippen LogP contribution in [0.2, 0.25) is 0 Å². The molecule has 0 spiro atoms. The van der Waals surface area contributed by atoms with Crippen LogP contribution in [-0.2, 0) is 4.84 Å². The number of carbonyl (C=O) groups excluding carboxylic acids is 1. The van der Waals surface area contributed by atoms with Crippen LogP contribution in [0.4, 0.5) is 5.69 Å². The lowest BCUT2D eigenvalue weighted by Crippen LogP contribution is -2.25. The maximum atomic E-state index is 11.7. The molecule has 5 rings (SSSR count). The summed E-state index contributed by atoms with van der Waals surface area (Å²) in [6.45, 7) is 0. The highest BCUT2D eigenvalue weighted by atomic mass is 16.7. The van der Waals surface area contributed by atoms with Gasteiger partial charge >= 0.3 is 5.97 Å². The number of nitrogen functional groups attached to an aromatic ring is 1. The van der Waals surface area contributed by atoms with Crippen molar-refractivity contribution >= 4 is 22.7 Å². The highest BCUT2D eigenvalue weighted by Crippen LogP contribution is 2.46. The zero-order chi connectivity index (χ0) is 20.1. The molecule has 29 heavy (non-hydrogen) atoms. The Hall–Kier alpha value is -3.84. The third-order valence-electron chi connectivity index (χ3n) is 5.57. The minimum atomic E-state index is -0.568. The Morgan fingerprint density at radius 1 is 1.07 bits per heavy atom. The van der Waals surface area contributed by atoms with E-state index in [-0.39, 0.29) is 6.04 Å². The molecule has 0 saturated carbocycles. The minimum Gasteiger partial charge on any atom is -0.370 e. The van der Waals surface area contributed by atoms with Gasteiger partial charge in [-0.2, -0.15) is 5.90 Å². The first-order valence-electron chi connectivity index (χ1n) is 9.18. The zero-order valence-corrected chi connectivity index (χ0v) is 15.7. The zero-order valence-electron chi connectivity index (χ0n) is 15.7. The Morgan fingerprint density at radius 2 is 1.83 bits per heavy atom. The lowest BCUT2D eigenvalue weighted by molar-refractivity contribution is 0.0503. The molecule has 7 nitrogen and oxygen atoms in total. The van der Waals surface area contributed by atoms with E-state index >= 15 is 0 Å². The molecule has 1 atom stereocenters. The number of carbonyl (C=O) groups is 1. The van der Waals surface area contributed by atoms with E-state index in [9.17, 15) is 4.79 Å². The van der Waals surface area contributed by atoms with Crippen molar-refractivity contribution in [2.75, 3.05) is 17.8 Å². The predicted molar refractivity (Wildman–Crippen MR) is 112 cm³/mol. The number of anilines is 1. The Balaban J connectivity index is 1.78. The van der Waals surface area contributed by atoms with Crippen molar-refractivity contribution in [2.24, 2.45) is 5.90 Å². The second-order valence-corrected chi connectivity index (χ2v) is 7.11. The fourth-order valence-corrected chi connectivity index (χ4v) is 4.27. The van der Waals surface area contributed by atoms with Crippen LogP contribution in [0, 0.1) is 0 Å². The summed E-state index contributed by atoms with van der Waals surface area (Å²) in [5, 5.41) is 1.03. The van der Waals surface area contributed by atoms with Crippen LogP contribution < -0.4 is 16.6 Å². The van der Waals surface area contributed by atoms with Crippen LogP contribution in [-0.4, -0.2) is 22.7 Å². The summed E-state index contributed by atoms with van der Waals surface area (Å²) in [5.41, 5.74) is 6.53. The van der Waals surface area contributed by atoms with Crippen molar-refractivity contribution in [1.82, 2.24) is 9.66 Å². The quantitative estimate of drug-likeness (QED) is 0.406. The molecule has 1 aliphatic heterocycles. The standard InChI is InChI=1S/C22H19N5O2/c1-26-18-5-3-2-4-15(18)16-10-11-25-21-19(16)17(12-27(21)23)20(26)13-6-8-14(9-7-13)22(28)29-24/h2-12,20H,23-24H2,1H3. The highest BCUT2D eigenvalue weighted by Gasteiger charge is 2.30. The van der Waals surface area contributed by atoms with Crippen LogP contribution in [0.25, 0.3) is 22.2 Å². The topological polar surface area (TPSA) is 99.4 Å². The summed E-state index contributed by atoms with van der Waals surface area (Å²) in [5.74, 6) is 10.7. The Kier molecular flexibility index (Phi) is 3.78. The van der Waals surface area contributed by atoms with E-state index in [1.165, 1.54) is 0 Å². The van der Waals surface area contributed by atoms with Gasteiger partial charge in [-0.15, -0.1) is 0 Å². The average Bonchev–Trinajstić information content (AvgIpc) is 3.05. The van der Waals surface area contributed by atoms with Gasteiger partial charge in [-0.3, -0.25) is 4.68 Å². The van der Waals surface area contributed by atoms with Gasteiger partial charge in [-0.1, -0.05) is 30.3 Å². The van der Waals surface area contributed by atoms with Gasteiger partial charge in [0.2, 0.25) is 0 Å². The van der Waals surface area contributed by atoms with Gasteiger partial charge in [-0.25, -0.2) is 9.78 Å². The number of hydrogen-bond donors (Lipinski definition) is 2. The number of hydrogen-bond acceptors (Lipinski definition) is 6. The largest absolute Gasteiger partial charge is 0.370 e. The highest BCUT2D eigenvalue weighted by molar-refractivity contribution is 6.01. The lowest BCUT2D eigenvalue weighted by Gasteiger charge is -2.30. The number of benzene rings is 2. The van der Waals surface area contributed by atoms with Gasteiger partial charge in [0.15, 0.2) is 5.65 Å². The van der Waals surface area contributed by atoms with E-state index in [0.29, 0.717) is 5.56 Å². The van der Waals surface area contributed by atoms with Gasteiger partial charge in [0, 0.05) is 41.6 Å². The van der Waals surface area contributed by atoms with Crippen molar-refractivity contribution in [3.05, 3.63) is 83.7 Å². The van der Waals surface area contributed by atoms with Crippen LogP contribution in [0.5, 0.6) is 0 Å². The summed E-state index contributed by atoms with van der Waals surface area (Å²) < 4.78 is 1.57. The molecule has 144 valence electrons. The molecular weight excluding hydrogens is 366 g/mol. The van der Waals surface area contributed by atoms with Crippen molar-refractivity contribution in [2.45, 2.75) is 6.04 Å². The first-order chi connectivity index (χ1) is 14.1. The fourth-order valence-electron chi connectivity index (χ4n) is 4.27. The second kappa shape index (κ2) is 6.35. The Bertz CT molecular complexity index is 1250. The molecule has 7 heteroatoms. The van der Waals surface area contributed by atoms with Gasteiger partial charge in [0.1, 0.15) is 0 Å². The molecule has 0 aliphatic carbocycles. The summed E-state index contributed by atoms with van der Waals surface area (Å²) in [4.78, 5) is 22.8. The Morgan fingerprint density at radius 3 is 2.59 bits per heavy atom. The molecular formula is C22H19N5O2. The molecule has 2 aromatic heterocycles. The fraction of sp³-hybridized carbons (Fsp3) is 0.0909. The van der Waals surface area contributed by atoms with Crippen molar-refractivity contribution in [1.29, 1.82) is 0 Å². The van der Waals surface area contributed by atoms with Gasteiger partial charge in [0.25, 0.3) is 0 Å². The second-order valence-electron chi connectivity index (χ2n) is 7.11. The lowest BCUT2D eigenvalue weighted by atomic mass is 9.96. The third kappa shape index (κ3) is 2.48. The first kappa shape index (κ1) is 17.3. The third-order valence-corrected chi connectivity index (χ3v) is 5.57. The van der Waals surface area contributed by atoms with Crippen LogP contribution in [0.3, 0.4) is 0 Å². The molecule has 1 aliphatic rings. The van der Waals surface area contributed by atoms with E-state index < -0.39 is 5.97 Å². The number of nitrogens with zero attached hydrogens (tertiary/aromatic N) is 3. The van der Waals surface area contributed by atoms with Gasteiger partial charge in [-0.05, 0) is 35.4 Å². The molecule has 0 amide bonds. The minimum absolute atomic E-state index is 0.114. The average molecular weight is 385 g/mol. The SMILES string of the molecule is CN1c2ccccc2-c2ccnc3c2c(cn3N)C1c1ccc(C(=O)ON)cc1. The molecule has 0 saturated heterocycles.